The topological polar surface area (TPSA) is 82.2 Å². The van der Waals surface area contributed by atoms with Crippen molar-refractivity contribution in [3.8, 4) is 11.4 Å². The maximum atomic E-state index is 13.1. The van der Waals surface area contributed by atoms with Gasteiger partial charge in [0.25, 0.3) is 5.56 Å². The maximum Gasteiger partial charge on any atom is 0.264 e. The molecule has 148 valence electrons. The molecule has 1 N–H and O–H groups in total. The van der Waals surface area contributed by atoms with Crippen LogP contribution in [-0.4, -0.2) is 37.1 Å². The second-order valence-corrected chi connectivity index (χ2v) is 6.75. The number of halogens is 1. The van der Waals surface area contributed by atoms with Gasteiger partial charge in [0, 0.05) is 0 Å². The molecule has 0 fully saturated rings. The minimum Gasteiger partial charge on any atom is -0.491 e. The molecule has 0 spiro atoms. The number of ether oxygens (including phenoxy) is 1. The first kappa shape index (κ1) is 18.8. The Morgan fingerprint density at radius 1 is 1.21 bits per heavy atom. The summed E-state index contributed by atoms with van der Waals surface area (Å²) in [5.41, 5.74) is 1.69. The van der Waals surface area contributed by atoms with Crippen molar-refractivity contribution in [3.05, 3.63) is 82.8 Å². The second-order valence-electron chi connectivity index (χ2n) is 6.75. The molecular formula is C21H19FN4O3. The number of hydrogen-bond acceptors (Lipinski definition) is 5. The molecule has 0 saturated carbocycles. The smallest absolute Gasteiger partial charge is 0.264 e. The predicted molar refractivity (Wildman–Crippen MR) is 106 cm³/mol. The van der Waals surface area contributed by atoms with Crippen LogP contribution in [0.25, 0.3) is 16.7 Å². The van der Waals surface area contributed by atoms with E-state index < -0.39 is 6.10 Å². The Labute approximate surface area is 165 Å². The van der Waals surface area contributed by atoms with E-state index in [0.717, 1.165) is 5.56 Å². The lowest BCUT2D eigenvalue weighted by molar-refractivity contribution is 0.0914. The van der Waals surface area contributed by atoms with E-state index >= 15 is 0 Å². The summed E-state index contributed by atoms with van der Waals surface area (Å²) < 4.78 is 21.5. The average molecular weight is 394 g/mol. The second kappa shape index (κ2) is 7.84. The quantitative estimate of drug-likeness (QED) is 0.543. The summed E-state index contributed by atoms with van der Waals surface area (Å²) in [6.07, 6.45) is 1.89. The van der Waals surface area contributed by atoms with Gasteiger partial charge in [-0.3, -0.25) is 9.36 Å². The zero-order valence-corrected chi connectivity index (χ0v) is 15.7. The Morgan fingerprint density at radius 2 is 2.00 bits per heavy atom. The largest absolute Gasteiger partial charge is 0.491 e. The zero-order chi connectivity index (χ0) is 20.4. The number of aliphatic hydroxyl groups excluding tert-OH is 1. The fraction of sp³-hybridized carbons (Fsp3) is 0.190. The van der Waals surface area contributed by atoms with E-state index in [4.69, 9.17) is 4.74 Å². The van der Waals surface area contributed by atoms with Crippen LogP contribution in [0.15, 0.2) is 65.8 Å². The number of benzene rings is 2. The van der Waals surface area contributed by atoms with E-state index in [1.165, 1.54) is 33.9 Å². The van der Waals surface area contributed by atoms with Gasteiger partial charge in [-0.2, -0.15) is 5.10 Å². The van der Waals surface area contributed by atoms with Crippen molar-refractivity contribution < 1.29 is 14.2 Å². The maximum absolute atomic E-state index is 13.1. The highest BCUT2D eigenvalue weighted by atomic mass is 19.1. The van der Waals surface area contributed by atoms with Crippen LogP contribution in [0.2, 0.25) is 0 Å². The fourth-order valence-electron chi connectivity index (χ4n) is 3.03. The van der Waals surface area contributed by atoms with Gasteiger partial charge in [0.05, 0.1) is 18.4 Å². The van der Waals surface area contributed by atoms with Crippen LogP contribution in [0.1, 0.15) is 5.56 Å². The Morgan fingerprint density at radius 3 is 2.76 bits per heavy atom. The summed E-state index contributed by atoms with van der Waals surface area (Å²) in [6, 6.07) is 13.2. The third kappa shape index (κ3) is 4.02. The molecule has 4 aromatic rings. The van der Waals surface area contributed by atoms with Crippen LogP contribution in [-0.2, 0) is 6.54 Å². The molecule has 0 radical (unpaired) electrons. The van der Waals surface area contributed by atoms with Gasteiger partial charge in [-0.15, -0.1) is 0 Å². The molecule has 2 aromatic heterocycles. The number of aliphatic hydroxyl groups is 1. The molecule has 0 bridgehead atoms. The number of hydrogen-bond donors (Lipinski definition) is 1. The van der Waals surface area contributed by atoms with E-state index in [1.54, 1.807) is 12.1 Å². The summed E-state index contributed by atoms with van der Waals surface area (Å²) >= 11 is 0. The Bertz CT molecular complexity index is 1200. The lowest BCUT2D eigenvalue weighted by Gasteiger charge is -2.14. The van der Waals surface area contributed by atoms with Crippen LogP contribution in [0.5, 0.6) is 5.75 Å². The zero-order valence-electron chi connectivity index (χ0n) is 15.7. The van der Waals surface area contributed by atoms with E-state index in [9.17, 15) is 14.3 Å². The molecular weight excluding hydrogens is 375 g/mol. The molecule has 0 aliphatic carbocycles. The average Bonchev–Trinajstić information content (AvgIpc) is 3.14. The first-order valence-corrected chi connectivity index (χ1v) is 9.08. The standard InChI is InChI=1S/C21H19FN4O3/c1-14-3-2-4-18(9-14)29-12-17(27)11-25-13-23-20-19(21(25)28)10-24-26(20)16-7-5-15(22)6-8-16/h2-10,13,17,27H,11-12H2,1H3. The predicted octanol–water partition coefficient (Wildman–Crippen LogP) is 2.47. The molecule has 2 heterocycles. The van der Waals surface area contributed by atoms with Crippen molar-refractivity contribution in [2.45, 2.75) is 19.6 Å². The van der Waals surface area contributed by atoms with Crippen LogP contribution in [0.4, 0.5) is 4.39 Å². The summed E-state index contributed by atoms with van der Waals surface area (Å²) in [4.78, 5) is 17.0. The first-order valence-electron chi connectivity index (χ1n) is 9.08. The van der Waals surface area contributed by atoms with E-state index in [-0.39, 0.29) is 24.5 Å². The molecule has 1 atom stereocenters. The van der Waals surface area contributed by atoms with Gasteiger partial charge in [-0.25, -0.2) is 14.1 Å². The third-order valence-electron chi connectivity index (χ3n) is 4.47. The Balaban J connectivity index is 1.52. The molecule has 0 aliphatic heterocycles. The summed E-state index contributed by atoms with van der Waals surface area (Å²) in [5.74, 6) is 0.299. The lowest BCUT2D eigenvalue weighted by atomic mass is 10.2. The normalized spacial score (nSPS) is 12.2. The highest BCUT2D eigenvalue weighted by molar-refractivity contribution is 5.74. The SMILES string of the molecule is Cc1cccc(OCC(O)Cn2cnc3c(cnn3-c3ccc(F)cc3)c2=O)c1. The molecule has 8 heteroatoms. The number of aromatic nitrogens is 4. The van der Waals surface area contributed by atoms with Gasteiger partial charge in [0.1, 0.15) is 36.0 Å². The molecule has 7 nitrogen and oxygen atoms in total. The van der Waals surface area contributed by atoms with Crippen LogP contribution in [0.3, 0.4) is 0 Å². The Kier molecular flexibility index (Phi) is 5.09. The van der Waals surface area contributed by atoms with Crippen molar-refractivity contribution in [1.29, 1.82) is 0 Å². The first-order chi connectivity index (χ1) is 14.0. The number of nitrogens with zero attached hydrogens (tertiary/aromatic N) is 4. The molecule has 4 rings (SSSR count). The van der Waals surface area contributed by atoms with E-state index in [0.29, 0.717) is 22.5 Å². The molecule has 0 aliphatic rings. The number of aryl methyl sites for hydroxylation is 1. The summed E-state index contributed by atoms with van der Waals surface area (Å²) in [7, 11) is 0. The van der Waals surface area contributed by atoms with E-state index in [1.807, 2.05) is 31.2 Å². The van der Waals surface area contributed by atoms with Crippen molar-refractivity contribution in [3.63, 3.8) is 0 Å². The fourth-order valence-corrected chi connectivity index (χ4v) is 3.03. The van der Waals surface area contributed by atoms with Crippen molar-refractivity contribution in [2.24, 2.45) is 0 Å². The van der Waals surface area contributed by atoms with Crippen molar-refractivity contribution in [1.82, 2.24) is 19.3 Å². The highest BCUT2D eigenvalue weighted by Crippen LogP contribution is 2.15. The minimum atomic E-state index is -0.889. The van der Waals surface area contributed by atoms with E-state index in [2.05, 4.69) is 10.1 Å². The van der Waals surface area contributed by atoms with Gasteiger partial charge in [0.2, 0.25) is 0 Å². The van der Waals surface area contributed by atoms with Crippen LogP contribution < -0.4 is 10.3 Å². The molecule has 0 saturated heterocycles. The molecule has 2 aromatic carbocycles. The van der Waals surface area contributed by atoms with Gasteiger partial charge in [0.15, 0.2) is 5.65 Å². The number of rotatable bonds is 6. The molecule has 1 unspecified atom stereocenters. The number of fused-ring (bicyclic) bond motifs is 1. The summed E-state index contributed by atoms with van der Waals surface area (Å²) in [6.45, 7) is 2.04. The van der Waals surface area contributed by atoms with Crippen LogP contribution >= 0.6 is 0 Å². The van der Waals surface area contributed by atoms with Gasteiger partial charge < -0.3 is 9.84 Å². The van der Waals surface area contributed by atoms with Gasteiger partial charge in [-0.1, -0.05) is 12.1 Å². The van der Waals surface area contributed by atoms with Gasteiger partial charge >= 0.3 is 0 Å². The Hall–Kier alpha value is -3.52. The van der Waals surface area contributed by atoms with Gasteiger partial charge in [-0.05, 0) is 48.9 Å². The monoisotopic (exact) mass is 394 g/mol. The molecule has 29 heavy (non-hydrogen) atoms. The minimum absolute atomic E-state index is 0.0370. The third-order valence-corrected chi connectivity index (χ3v) is 4.47. The van der Waals surface area contributed by atoms with Crippen molar-refractivity contribution in [2.75, 3.05) is 6.61 Å². The highest BCUT2D eigenvalue weighted by Gasteiger charge is 2.14. The van der Waals surface area contributed by atoms with Crippen LogP contribution in [0, 0.1) is 12.7 Å². The summed E-state index contributed by atoms with van der Waals surface area (Å²) in [5, 5.41) is 14.8. The lowest BCUT2D eigenvalue weighted by Crippen LogP contribution is -2.30. The molecule has 0 amide bonds. The van der Waals surface area contributed by atoms with Crippen molar-refractivity contribution >= 4 is 11.0 Å².